The van der Waals surface area contributed by atoms with Gasteiger partial charge in [-0.3, -0.25) is 9.59 Å². The van der Waals surface area contributed by atoms with Crippen molar-refractivity contribution < 1.29 is 24.2 Å². The van der Waals surface area contributed by atoms with Crippen LogP contribution in [0.15, 0.2) is 97.2 Å². The molecule has 258 valence electrons. The van der Waals surface area contributed by atoms with Crippen molar-refractivity contribution in [2.45, 2.75) is 136 Å². The van der Waals surface area contributed by atoms with Crippen LogP contribution in [0.25, 0.3) is 0 Å². The molecule has 0 amide bonds. The maximum atomic E-state index is 12.1. The van der Waals surface area contributed by atoms with Crippen LogP contribution in [-0.2, 0) is 19.1 Å². The second-order valence-corrected chi connectivity index (χ2v) is 11.2. The van der Waals surface area contributed by atoms with Crippen molar-refractivity contribution in [2.75, 3.05) is 13.2 Å². The topological polar surface area (TPSA) is 72.8 Å². The fourth-order valence-corrected chi connectivity index (χ4v) is 4.25. The Labute approximate surface area is 281 Å². The molecule has 0 aromatic carbocycles. The van der Waals surface area contributed by atoms with Gasteiger partial charge in [0, 0.05) is 12.8 Å². The van der Waals surface area contributed by atoms with Crippen LogP contribution >= 0.6 is 0 Å². The van der Waals surface area contributed by atoms with E-state index in [0.29, 0.717) is 12.8 Å². The SMILES string of the molecule is CC/C=C/C/C=C/C/C=C/C/C=C/C/C=C/CCCC(=O)O[C@@H](CO)COC(=O)CCCCCCC/C=C/C/C=C/C/C=C/CC. The smallest absolute Gasteiger partial charge is 0.306 e. The summed E-state index contributed by atoms with van der Waals surface area (Å²) in [5.41, 5.74) is 0. The number of rotatable bonds is 30. The van der Waals surface area contributed by atoms with Crippen molar-refractivity contribution in [1.29, 1.82) is 0 Å². The Morgan fingerprint density at radius 3 is 1.37 bits per heavy atom. The maximum Gasteiger partial charge on any atom is 0.306 e. The number of ether oxygens (including phenoxy) is 2. The minimum absolute atomic E-state index is 0.104. The summed E-state index contributed by atoms with van der Waals surface area (Å²) in [4.78, 5) is 24.2. The number of carbonyl (C=O) groups is 2. The molecule has 0 aromatic heterocycles. The van der Waals surface area contributed by atoms with E-state index in [4.69, 9.17) is 9.47 Å². The van der Waals surface area contributed by atoms with Crippen molar-refractivity contribution in [2.24, 2.45) is 0 Å². The van der Waals surface area contributed by atoms with Gasteiger partial charge in [-0.05, 0) is 83.5 Å². The monoisotopic (exact) mass is 636 g/mol. The van der Waals surface area contributed by atoms with Gasteiger partial charge in [-0.1, -0.05) is 130 Å². The number of esters is 2. The molecular weight excluding hydrogens is 572 g/mol. The number of unbranched alkanes of at least 4 members (excludes halogenated alkanes) is 6. The van der Waals surface area contributed by atoms with Crippen LogP contribution in [0.1, 0.15) is 129 Å². The Bertz CT molecular complexity index is 948. The molecule has 0 spiro atoms. The first-order valence-corrected chi connectivity index (χ1v) is 17.8. The highest BCUT2D eigenvalue weighted by atomic mass is 16.6. The zero-order valence-electron chi connectivity index (χ0n) is 29.0. The number of carbonyl (C=O) groups excluding carboxylic acids is 2. The molecule has 1 N–H and O–H groups in total. The highest BCUT2D eigenvalue weighted by Crippen LogP contribution is 2.09. The van der Waals surface area contributed by atoms with Gasteiger partial charge in [0.15, 0.2) is 6.10 Å². The Kier molecular flexibility index (Phi) is 33.8. The van der Waals surface area contributed by atoms with Gasteiger partial charge >= 0.3 is 11.9 Å². The molecule has 0 aromatic rings. The summed E-state index contributed by atoms with van der Waals surface area (Å²) < 4.78 is 10.5. The molecule has 46 heavy (non-hydrogen) atoms. The second-order valence-electron chi connectivity index (χ2n) is 11.2. The zero-order valence-corrected chi connectivity index (χ0v) is 29.0. The molecular formula is C41H64O5. The zero-order chi connectivity index (χ0) is 33.6. The lowest BCUT2D eigenvalue weighted by molar-refractivity contribution is -0.161. The molecule has 0 saturated carbocycles. The van der Waals surface area contributed by atoms with E-state index in [9.17, 15) is 14.7 Å². The standard InChI is InChI=1S/C41H64O5/c1-3-5-7-9-11-13-15-17-19-20-22-24-26-28-30-32-34-36-41(44)46-39(37-42)38-45-40(43)35-33-31-29-27-25-23-21-18-16-14-12-10-8-6-4-2/h5-8,11-14,17-19,21-22,24,28,30,39,42H,3-4,9-10,15-16,20,23,25-27,29,31-38H2,1-2H3/b7-5+,8-6+,13-11+,14-12+,19-17+,21-18+,24-22+,30-28+/t39-/m0/s1. The quantitative estimate of drug-likeness (QED) is 0.0482. The lowest BCUT2D eigenvalue weighted by Gasteiger charge is -2.15. The van der Waals surface area contributed by atoms with Crippen molar-refractivity contribution in [1.82, 2.24) is 0 Å². The minimum atomic E-state index is -0.813. The third-order valence-electron chi connectivity index (χ3n) is 6.87. The van der Waals surface area contributed by atoms with Crippen molar-refractivity contribution >= 4 is 11.9 Å². The molecule has 0 radical (unpaired) electrons. The van der Waals surface area contributed by atoms with Crippen LogP contribution in [0, 0.1) is 0 Å². The maximum absolute atomic E-state index is 12.1. The van der Waals surface area contributed by atoms with E-state index in [2.05, 4.69) is 111 Å². The highest BCUT2D eigenvalue weighted by Gasteiger charge is 2.15. The van der Waals surface area contributed by atoms with Gasteiger partial charge < -0.3 is 14.6 Å². The first kappa shape index (κ1) is 42.8. The highest BCUT2D eigenvalue weighted by molar-refractivity contribution is 5.70. The minimum Gasteiger partial charge on any atom is -0.462 e. The number of aliphatic hydroxyl groups excluding tert-OH is 1. The van der Waals surface area contributed by atoms with E-state index in [1.54, 1.807) is 0 Å². The fourth-order valence-electron chi connectivity index (χ4n) is 4.25. The molecule has 0 bridgehead atoms. The largest absolute Gasteiger partial charge is 0.462 e. The first-order chi connectivity index (χ1) is 22.6. The van der Waals surface area contributed by atoms with Crippen LogP contribution in [0.2, 0.25) is 0 Å². The Morgan fingerprint density at radius 2 is 0.891 bits per heavy atom. The average Bonchev–Trinajstić information content (AvgIpc) is 3.06. The van der Waals surface area contributed by atoms with E-state index in [1.807, 2.05) is 0 Å². The van der Waals surface area contributed by atoms with Crippen molar-refractivity contribution in [3.8, 4) is 0 Å². The molecule has 5 heteroatoms. The lowest BCUT2D eigenvalue weighted by atomic mass is 10.1. The molecule has 5 nitrogen and oxygen atoms in total. The lowest BCUT2D eigenvalue weighted by Crippen LogP contribution is -2.28. The summed E-state index contributed by atoms with van der Waals surface area (Å²) in [6.07, 6.45) is 50.3. The van der Waals surface area contributed by atoms with Gasteiger partial charge in [0.2, 0.25) is 0 Å². The second kappa shape index (κ2) is 36.3. The van der Waals surface area contributed by atoms with E-state index >= 15 is 0 Å². The molecule has 0 saturated heterocycles. The van der Waals surface area contributed by atoms with E-state index in [-0.39, 0.29) is 31.6 Å². The summed E-state index contributed by atoms with van der Waals surface area (Å²) in [5.74, 6) is -0.692. The van der Waals surface area contributed by atoms with Crippen molar-refractivity contribution in [3.63, 3.8) is 0 Å². The Hall–Kier alpha value is -3.18. The van der Waals surface area contributed by atoms with Crippen molar-refractivity contribution in [3.05, 3.63) is 97.2 Å². The summed E-state index contributed by atoms with van der Waals surface area (Å²) in [6.45, 7) is 3.82. The summed E-state index contributed by atoms with van der Waals surface area (Å²) in [6, 6.07) is 0. The molecule has 0 aliphatic rings. The van der Waals surface area contributed by atoms with E-state index in [1.165, 1.54) is 0 Å². The Morgan fingerprint density at radius 1 is 0.500 bits per heavy atom. The molecule has 0 aliphatic carbocycles. The normalized spacial score (nSPS) is 13.4. The summed E-state index contributed by atoms with van der Waals surface area (Å²) >= 11 is 0. The van der Waals surface area contributed by atoms with Gasteiger partial charge in [0.05, 0.1) is 6.61 Å². The van der Waals surface area contributed by atoms with Crippen LogP contribution in [-0.4, -0.2) is 36.4 Å². The molecule has 0 aliphatic heterocycles. The number of hydrogen-bond donors (Lipinski definition) is 1. The molecule has 0 rings (SSSR count). The van der Waals surface area contributed by atoms with E-state index in [0.717, 1.165) is 96.3 Å². The predicted octanol–water partition coefficient (Wildman–Crippen LogP) is 10.9. The summed E-state index contributed by atoms with van der Waals surface area (Å²) in [7, 11) is 0. The fraction of sp³-hybridized carbons (Fsp3) is 0.561. The van der Waals surface area contributed by atoms with Gasteiger partial charge in [-0.15, -0.1) is 0 Å². The van der Waals surface area contributed by atoms with Crippen LogP contribution in [0.3, 0.4) is 0 Å². The number of aliphatic hydroxyl groups is 1. The average molecular weight is 637 g/mol. The van der Waals surface area contributed by atoms with Gasteiger partial charge in [0.1, 0.15) is 6.61 Å². The molecule has 0 unspecified atom stereocenters. The van der Waals surface area contributed by atoms with Gasteiger partial charge in [-0.25, -0.2) is 0 Å². The predicted molar refractivity (Wildman–Crippen MR) is 195 cm³/mol. The Balaban J connectivity index is 3.76. The number of allylic oxidation sites excluding steroid dienone is 16. The van der Waals surface area contributed by atoms with Gasteiger partial charge in [-0.2, -0.15) is 0 Å². The third-order valence-corrected chi connectivity index (χ3v) is 6.87. The van der Waals surface area contributed by atoms with Crippen LogP contribution in [0.4, 0.5) is 0 Å². The summed E-state index contributed by atoms with van der Waals surface area (Å²) in [5, 5.41) is 9.52. The molecule has 0 heterocycles. The number of hydrogen-bond acceptors (Lipinski definition) is 5. The van der Waals surface area contributed by atoms with Crippen LogP contribution < -0.4 is 0 Å². The van der Waals surface area contributed by atoms with Gasteiger partial charge in [0.25, 0.3) is 0 Å². The van der Waals surface area contributed by atoms with E-state index < -0.39 is 6.10 Å². The first-order valence-electron chi connectivity index (χ1n) is 17.8. The van der Waals surface area contributed by atoms with Crippen LogP contribution in [0.5, 0.6) is 0 Å². The third kappa shape index (κ3) is 33.7. The molecule has 0 fully saturated rings. The molecule has 1 atom stereocenters.